The van der Waals surface area contributed by atoms with E-state index in [1.54, 1.807) is 0 Å². The molecule has 2 aromatic carbocycles. The standard InChI is InChI=1S/C21H22ClN5O4S/c1-4-27-20(14-5-7-15(22)8-6-14)25-26-21(27)32-12-18(28)24-23-11-13-9-16(30-2)19(29)17(10-13)31-3/h5-11H,4,12H2,1-3H3,(H2,23,24,28,29). The summed E-state index contributed by atoms with van der Waals surface area (Å²) in [5.41, 5.74) is 3.96. The number of hydrogen-bond donors (Lipinski definition) is 2. The van der Waals surface area contributed by atoms with E-state index in [4.69, 9.17) is 21.1 Å². The SMILES string of the molecule is CC[n+]1c(SCC(=O)N/N=C/c2cc(OC)c([O-])c(OC)c2)n[nH]c1-c1ccc(Cl)cc1. The second-order valence-corrected chi connectivity index (χ2v) is 7.82. The van der Waals surface area contributed by atoms with E-state index in [-0.39, 0.29) is 28.9 Å². The van der Waals surface area contributed by atoms with E-state index in [1.807, 2.05) is 35.8 Å². The van der Waals surface area contributed by atoms with E-state index in [2.05, 4.69) is 20.7 Å². The number of hydrazone groups is 1. The monoisotopic (exact) mass is 475 g/mol. The summed E-state index contributed by atoms with van der Waals surface area (Å²) in [6.45, 7) is 2.68. The van der Waals surface area contributed by atoms with Gasteiger partial charge in [-0.2, -0.15) is 5.10 Å². The fourth-order valence-corrected chi connectivity index (χ4v) is 3.80. The molecule has 168 valence electrons. The first kappa shape index (κ1) is 23.4. The molecule has 0 bridgehead atoms. The van der Waals surface area contributed by atoms with Crippen molar-refractivity contribution in [3.05, 3.63) is 47.0 Å². The summed E-state index contributed by atoms with van der Waals surface area (Å²) in [7, 11) is 2.79. The Morgan fingerprint density at radius 1 is 1.28 bits per heavy atom. The predicted molar refractivity (Wildman–Crippen MR) is 120 cm³/mol. The highest BCUT2D eigenvalue weighted by Crippen LogP contribution is 2.34. The molecular formula is C21H22ClN5O4S. The van der Waals surface area contributed by atoms with Crippen molar-refractivity contribution in [3.63, 3.8) is 0 Å². The summed E-state index contributed by atoms with van der Waals surface area (Å²) in [5, 5.41) is 24.6. The number of ether oxygens (including phenoxy) is 2. The van der Waals surface area contributed by atoms with Crippen LogP contribution in [0.1, 0.15) is 12.5 Å². The number of halogens is 1. The Balaban J connectivity index is 1.61. The number of H-pyrrole nitrogens is 1. The highest BCUT2D eigenvalue weighted by Gasteiger charge is 2.21. The molecule has 0 saturated carbocycles. The zero-order chi connectivity index (χ0) is 23.1. The molecule has 0 aliphatic rings. The first-order valence-corrected chi connectivity index (χ1v) is 10.9. The molecule has 32 heavy (non-hydrogen) atoms. The van der Waals surface area contributed by atoms with Crippen molar-refractivity contribution in [3.8, 4) is 28.6 Å². The summed E-state index contributed by atoms with van der Waals surface area (Å²) in [5.74, 6) is 0.556. The molecule has 0 unspecified atom stereocenters. The molecule has 0 radical (unpaired) electrons. The third-order valence-corrected chi connectivity index (χ3v) is 5.64. The topological polar surface area (TPSA) is 116 Å². The molecule has 11 heteroatoms. The Labute approximate surface area is 194 Å². The van der Waals surface area contributed by atoms with Crippen LogP contribution in [0.4, 0.5) is 0 Å². The van der Waals surface area contributed by atoms with Gasteiger partial charge in [-0.1, -0.05) is 11.6 Å². The molecular weight excluding hydrogens is 454 g/mol. The van der Waals surface area contributed by atoms with Crippen molar-refractivity contribution < 1.29 is 23.9 Å². The molecule has 9 nitrogen and oxygen atoms in total. The van der Waals surface area contributed by atoms with Gasteiger partial charge in [0, 0.05) is 10.6 Å². The lowest BCUT2D eigenvalue weighted by Crippen LogP contribution is -2.36. The number of rotatable bonds is 9. The van der Waals surface area contributed by atoms with Crippen LogP contribution in [0.25, 0.3) is 11.4 Å². The van der Waals surface area contributed by atoms with Crippen molar-refractivity contribution in [2.75, 3.05) is 20.0 Å². The Hall–Kier alpha value is -3.24. The lowest BCUT2D eigenvalue weighted by atomic mass is 10.2. The third-order valence-electron chi connectivity index (χ3n) is 4.41. The largest absolute Gasteiger partial charge is 0.867 e. The minimum Gasteiger partial charge on any atom is -0.867 e. The van der Waals surface area contributed by atoms with E-state index in [1.165, 1.54) is 44.3 Å². The Morgan fingerprint density at radius 2 is 1.94 bits per heavy atom. The van der Waals surface area contributed by atoms with Crippen LogP contribution < -0.4 is 24.6 Å². The second-order valence-electron chi connectivity index (χ2n) is 6.44. The van der Waals surface area contributed by atoms with Crippen LogP contribution >= 0.6 is 23.4 Å². The summed E-state index contributed by atoms with van der Waals surface area (Å²) < 4.78 is 12.1. The third kappa shape index (κ3) is 5.51. The number of aromatic amines is 1. The van der Waals surface area contributed by atoms with E-state index in [9.17, 15) is 9.90 Å². The van der Waals surface area contributed by atoms with Gasteiger partial charge in [0.25, 0.3) is 11.7 Å². The normalized spacial score (nSPS) is 11.0. The van der Waals surface area contributed by atoms with Crippen LogP contribution in [0.15, 0.2) is 46.7 Å². The molecule has 1 aromatic heterocycles. The number of nitrogens with zero attached hydrogens (tertiary/aromatic N) is 3. The van der Waals surface area contributed by atoms with Gasteiger partial charge < -0.3 is 14.6 Å². The Morgan fingerprint density at radius 3 is 2.53 bits per heavy atom. The van der Waals surface area contributed by atoms with Gasteiger partial charge in [0.2, 0.25) is 0 Å². The molecule has 0 aliphatic carbocycles. The van der Waals surface area contributed by atoms with Crippen LogP contribution in [-0.2, 0) is 11.3 Å². The van der Waals surface area contributed by atoms with Crippen molar-refractivity contribution in [1.29, 1.82) is 0 Å². The minimum absolute atomic E-state index is 0.119. The van der Waals surface area contributed by atoms with Gasteiger partial charge >= 0.3 is 5.16 Å². The number of benzene rings is 2. The minimum atomic E-state index is -0.353. The maximum Gasteiger partial charge on any atom is 0.337 e. The smallest absolute Gasteiger partial charge is 0.337 e. The summed E-state index contributed by atoms with van der Waals surface area (Å²) >= 11 is 7.25. The van der Waals surface area contributed by atoms with E-state index < -0.39 is 0 Å². The van der Waals surface area contributed by atoms with Crippen molar-refractivity contribution in [1.82, 2.24) is 15.6 Å². The highest BCUT2D eigenvalue weighted by molar-refractivity contribution is 7.99. The summed E-state index contributed by atoms with van der Waals surface area (Å²) in [6.07, 6.45) is 1.41. The lowest BCUT2D eigenvalue weighted by Gasteiger charge is -2.17. The number of nitrogens with one attached hydrogen (secondary N) is 2. The number of amides is 1. The van der Waals surface area contributed by atoms with Gasteiger partial charge in [0.05, 0.1) is 43.4 Å². The van der Waals surface area contributed by atoms with Gasteiger partial charge in [-0.15, -0.1) is 5.10 Å². The quantitative estimate of drug-likeness (QED) is 0.212. The molecule has 2 N–H and O–H groups in total. The van der Waals surface area contributed by atoms with E-state index >= 15 is 0 Å². The molecule has 1 amide bonds. The predicted octanol–water partition coefficient (Wildman–Crippen LogP) is 2.37. The van der Waals surface area contributed by atoms with Crippen LogP contribution in [0.2, 0.25) is 5.02 Å². The Bertz CT molecular complexity index is 1090. The highest BCUT2D eigenvalue weighted by atomic mass is 35.5. The number of methoxy groups -OCH3 is 2. The first-order chi connectivity index (χ1) is 15.5. The first-order valence-electron chi connectivity index (χ1n) is 9.58. The number of aromatic nitrogens is 3. The Kier molecular flexibility index (Phi) is 7.96. The number of thioether (sulfide) groups is 1. The number of hydrogen-bond acceptors (Lipinski definition) is 7. The van der Waals surface area contributed by atoms with Crippen molar-refractivity contribution >= 4 is 35.5 Å². The van der Waals surface area contributed by atoms with Crippen LogP contribution in [0, 0.1) is 0 Å². The molecule has 0 aliphatic heterocycles. The fourth-order valence-electron chi connectivity index (χ4n) is 2.86. The van der Waals surface area contributed by atoms with E-state index in [0.29, 0.717) is 22.3 Å². The molecule has 0 saturated heterocycles. The number of carbonyl (C=O) groups excluding carboxylic acids is 1. The molecule has 0 fully saturated rings. The average Bonchev–Trinajstić information content (AvgIpc) is 3.22. The maximum absolute atomic E-state index is 12.2. The molecule has 0 spiro atoms. The van der Waals surface area contributed by atoms with Gasteiger partial charge in [-0.05, 0) is 60.8 Å². The van der Waals surface area contributed by atoms with Gasteiger partial charge in [-0.3, -0.25) is 4.79 Å². The zero-order valence-corrected chi connectivity index (χ0v) is 19.3. The van der Waals surface area contributed by atoms with Crippen LogP contribution in [-0.4, -0.2) is 42.3 Å². The van der Waals surface area contributed by atoms with Gasteiger partial charge in [0.1, 0.15) is 11.5 Å². The summed E-state index contributed by atoms with van der Waals surface area (Å²) in [6, 6.07) is 10.5. The fraction of sp³-hybridized carbons (Fsp3) is 0.238. The average molecular weight is 476 g/mol. The van der Waals surface area contributed by atoms with E-state index in [0.717, 1.165) is 11.4 Å². The number of carbonyl (C=O) groups is 1. The lowest BCUT2D eigenvalue weighted by molar-refractivity contribution is -0.719. The molecule has 0 atom stereocenters. The molecule has 3 aromatic rings. The van der Waals surface area contributed by atoms with Gasteiger partial charge in [-0.25, -0.2) is 9.99 Å². The summed E-state index contributed by atoms with van der Waals surface area (Å²) in [4.78, 5) is 12.2. The molecule has 1 heterocycles. The van der Waals surface area contributed by atoms with Crippen molar-refractivity contribution in [2.45, 2.75) is 18.6 Å². The van der Waals surface area contributed by atoms with Gasteiger partial charge in [0.15, 0.2) is 0 Å². The van der Waals surface area contributed by atoms with Crippen LogP contribution in [0.5, 0.6) is 17.2 Å². The second kappa shape index (κ2) is 10.9. The molecule has 3 rings (SSSR count). The maximum atomic E-state index is 12.2. The van der Waals surface area contributed by atoms with Crippen molar-refractivity contribution in [2.24, 2.45) is 5.10 Å². The zero-order valence-electron chi connectivity index (χ0n) is 17.7. The van der Waals surface area contributed by atoms with Crippen LogP contribution in [0.3, 0.4) is 0 Å².